The Hall–Kier alpha value is -0.540. The lowest BCUT2D eigenvalue weighted by atomic mass is 10.2. The molecule has 0 saturated carbocycles. The second kappa shape index (κ2) is 4.11. The molecule has 0 bridgehead atoms. The average molecular weight is 194 g/mol. The molecule has 2 heterocycles. The zero-order chi connectivity index (χ0) is 9.10. The van der Waals surface area contributed by atoms with Crippen molar-refractivity contribution in [2.75, 3.05) is 6.54 Å². The summed E-state index contributed by atoms with van der Waals surface area (Å²) in [5.41, 5.74) is 1.29. The van der Waals surface area contributed by atoms with E-state index in [9.17, 15) is 0 Å². The molecule has 1 aliphatic rings. The van der Waals surface area contributed by atoms with Crippen LogP contribution in [0.2, 0.25) is 0 Å². The smallest absolute Gasteiger partial charge is 0.0807 e. The third-order valence-corrected chi connectivity index (χ3v) is 3.65. The van der Waals surface area contributed by atoms with Gasteiger partial charge >= 0.3 is 0 Å². The Kier molecular flexibility index (Phi) is 2.86. The van der Waals surface area contributed by atoms with Crippen molar-refractivity contribution in [3.63, 3.8) is 0 Å². The van der Waals surface area contributed by atoms with Gasteiger partial charge in [-0.3, -0.25) is 4.98 Å². The number of nitrogens with one attached hydrogen (secondary N) is 1. The van der Waals surface area contributed by atoms with E-state index < -0.39 is 0 Å². The molecule has 1 fully saturated rings. The fourth-order valence-electron chi connectivity index (χ4n) is 1.49. The quantitative estimate of drug-likeness (QED) is 0.742. The van der Waals surface area contributed by atoms with Crippen LogP contribution in [-0.2, 0) is 0 Å². The fraction of sp³-hybridized carbons (Fsp3) is 0.500. The average Bonchev–Trinajstić information content (AvgIpc) is 2.19. The van der Waals surface area contributed by atoms with Crippen molar-refractivity contribution in [1.82, 2.24) is 10.3 Å². The highest BCUT2D eigenvalue weighted by molar-refractivity contribution is 8.00. The Morgan fingerprint density at radius 3 is 3.23 bits per heavy atom. The van der Waals surface area contributed by atoms with Gasteiger partial charge in [-0.2, -0.15) is 0 Å². The zero-order valence-corrected chi connectivity index (χ0v) is 8.55. The number of nitrogens with zero attached hydrogens (tertiary/aromatic N) is 1. The highest BCUT2D eigenvalue weighted by Crippen LogP contribution is 2.33. The fourth-order valence-corrected chi connectivity index (χ4v) is 2.72. The number of rotatable bonds is 1. The maximum Gasteiger partial charge on any atom is 0.0807 e. The molecule has 1 aromatic rings. The minimum Gasteiger partial charge on any atom is -0.302 e. The molecule has 0 aromatic carbocycles. The summed E-state index contributed by atoms with van der Waals surface area (Å²) in [6.07, 6.45) is 5.03. The van der Waals surface area contributed by atoms with Gasteiger partial charge in [0.2, 0.25) is 0 Å². The van der Waals surface area contributed by atoms with Gasteiger partial charge in [0.25, 0.3) is 0 Å². The van der Waals surface area contributed by atoms with Crippen molar-refractivity contribution >= 4 is 11.8 Å². The second-order valence-corrected chi connectivity index (χ2v) is 4.90. The van der Waals surface area contributed by atoms with Crippen LogP contribution in [0.3, 0.4) is 0 Å². The predicted octanol–water partition coefficient (Wildman–Crippen LogP) is 2.20. The number of hydrogen-bond donors (Lipinski definition) is 1. The van der Waals surface area contributed by atoms with Crippen LogP contribution in [-0.4, -0.2) is 16.8 Å². The Labute approximate surface area is 83.1 Å². The van der Waals surface area contributed by atoms with Crippen molar-refractivity contribution in [3.05, 3.63) is 30.1 Å². The van der Waals surface area contributed by atoms with E-state index in [2.05, 4.69) is 23.3 Å². The summed E-state index contributed by atoms with van der Waals surface area (Å²) in [6, 6.07) is 4.13. The highest BCUT2D eigenvalue weighted by Gasteiger charge is 2.19. The topological polar surface area (TPSA) is 24.9 Å². The van der Waals surface area contributed by atoms with Crippen molar-refractivity contribution < 1.29 is 0 Å². The molecule has 2 nitrogen and oxygen atoms in total. The van der Waals surface area contributed by atoms with E-state index in [0.717, 1.165) is 11.8 Å². The van der Waals surface area contributed by atoms with Crippen LogP contribution in [0.15, 0.2) is 24.5 Å². The Morgan fingerprint density at radius 2 is 2.54 bits per heavy atom. The predicted molar refractivity (Wildman–Crippen MR) is 56.7 cm³/mol. The van der Waals surface area contributed by atoms with Crippen LogP contribution in [0.1, 0.15) is 24.3 Å². The third kappa shape index (κ3) is 2.23. The molecular formula is C10H14N2S. The Bertz CT molecular complexity index is 263. The Morgan fingerprint density at radius 1 is 1.62 bits per heavy atom. The molecule has 70 valence electrons. The summed E-state index contributed by atoms with van der Waals surface area (Å²) < 4.78 is 0. The summed E-state index contributed by atoms with van der Waals surface area (Å²) in [7, 11) is 0. The summed E-state index contributed by atoms with van der Waals surface area (Å²) >= 11 is 1.99. The van der Waals surface area contributed by atoms with Crippen molar-refractivity contribution in [2.24, 2.45) is 0 Å². The van der Waals surface area contributed by atoms with E-state index in [1.807, 2.05) is 30.2 Å². The van der Waals surface area contributed by atoms with Crippen LogP contribution in [0.5, 0.6) is 0 Å². The van der Waals surface area contributed by atoms with Gasteiger partial charge in [-0.05, 0) is 24.6 Å². The van der Waals surface area contributed by atoms with Crippen LogP contribution in [0, 0.1) is 0 Å². The van der Waals surface area contributed by atoms with Gasteiger partial charge < -0.3 is 5.32 Å². The van der Waals surface area contributed by atoms with Gasteiger partial charge in [-0.15, -0.1) is 11.8 Å². The van der Waals surface area contributed by atoms with E-state index in [1.165, 1.54) is 12.0 Å². The second-order valence-electron chi connectivity index (χ2n) is 3.36. The van der Waals surface area contributed by atoms with E-state index in [-0.39, 0.29) is 0 Å². The van der Waals surface area contributed by atoms with E-state index in [0.29, 0.717) is 5.37 Å². The van der Waals surface area contributed by atoms with E-state index >= 15 is 0 Å². The van der Waals surface area contributed by atoms with Crippen molar-refractivity contribution in [3.8, 4) is 0 Å². The van der Waals surface area contributed by atoms with Gasteiger partial charge in [0.05, 0.1) is 5.37 Å². The first-order valence-electron chi connectivity index (χ1n) is 4.65. The van der Waals surface area contributed by atoms with Crippen LogP contribution < -0.4 is 5.32 Å². The van der Waals surface area contributed by atoms with Crippen LogP contribution in [0.25, 0.3) is 0 Å². The largest absolute Gasteiger partial charge is 0.302 e. The van der Waals surface area contributed by atoms with Gasteiger partial charge in [0, 0.05) is 17.6 Å². The maximum absolute atomic E-state index is 4.13. The first kappa shape index (κ1) is 9.03. The van der Waals surface area contributed by atoms with E-state index in [4.69, 9.17) is 0 Å². The lowest BCUT2D eigenvalue weighted by molar-refractivity contribution is 0.604. The monoisotopic (exact) mass is 194 g/mol. The molecule has 1 aromatic heterocycles. The number of thioether (sulfide) groups is 1. The molecule has 13 heavy (non-hydrogen) atoms. The molecular weight excluding hydrogens is 180 g/mol. The lowest BCUT2D eigenvalue weighted by Crippen LogP contribution is -2.28. The van der Waals surface area contributed by atoms with Crippen molar-refractivity contribution in [1.29, 1.82) is 0 Å². The highest BCUT2D eigenvalue weighted by atomic mass is 32.2. The molecule has 3 heteroatoms. The van der Waals surface area contributed by atoms with Gasteiger partial charge in [-0.1, -0.05) is 13.0 Å². The molecule has 0 amide bonds. The van der Waals surface area contributed by atoms with Gasteiger partial charge in [0.1, 0.15) is 0 Å². The number of aromatic nitrogens is 1. The molecule has 2 rings (SSSR count). The number of hydrogen-bond acceptors (Lipinski definition) is 3. The molecule has 1 aliphatic heterocycles. The van der Waals surface area contributed by atoms with Gasteiger partial charge in [0.15, 0.2) is 0 Å². The number of pyridine rings is 1. The standard InChI is InChI=1S/C10H14N2S/c1-8-4-6-12-10(13-8)9-3-2-5-11-7-9/h2-3,5,7-8,10,12H,4,6H2,1H3. The van der Waals surface area contributed by atoms with Crippen molar-refractivity contribution in [2.45, 2.75) is 24.0 Å². The maximum atomic E-state index is 4.13. The van der Waals surface area contributed by atoms with E-state index in [1.54, 1.807) is 0 Å². The van der Waals surface area contributed by atoms with Gasteiger partial charge in [-0.25, -0.2) is 0 Å². The zero-order valence-electron chi connectivity index (χ0n) is 7.73. The molecule has 0 spiro atoms. The minimum absolute atomic E-state index is 0.442. The Balaban J connectivity index is 2.08. The molecule has 0 aliphatic carbocycles. The van der Waals surface area contributed by atoms with Crippen LogP contribution in [0.4, 0.5) is 0 Å². The molecule has 2 atom stereocenters. The summed E-state index contributed by atoms with van der Waals surface area (Å²) in [5, 5.41) is 4.69. The molecule has 1 N–H and O–H groups in total. The summed E-state index contributed by atoms with van der Waals surface area (Å²) in [5.74, 6) is 0. The lowest BCUT2D eigenvalue weighted by Gasteiger charge is -2.27. The third-order valence-electron chi connectivity index (χ3n) is 2.24. The molecule has 2 unspecified atom stereocenters. The van der Waals surface area contributed by atoms with Crippen LogP contribution >= 0.6 is 11.8 Å². The molecule has 0 radical (unpaired) electrons. The first-order chi connectivity index (χ1) is 6.36. The normalized spacial score (nSPS) is 28.7. The SMILES string of the molecule is CC1CCNC(c2cccnc2)S1. The first-order valence-corrected chi connectivity index (χ1v) is 5.59. The minimum atomic E-state index is 0.442. The summed E-state index contributed by atoms with van der Waals surface area (Å²) in [6.45, 7) is 3.41. The molecule has 1 saturated heterocycles. The summed E-state index contributed by atoms with van der Waals surface area (Å²) in [4.78, 5) is 4.13.